The van der Waals surface area contributed by atoms with Gasteiger partial charge in [-0.1, -0.05) is 39.8 Å². The molecule has 88 valence electrons. The number of anilines is 1. The number of nitrogen functional groups attached to an aromatic ring is 1. The zero-order valence-electron chi connectivity index (χ0n) is 8.68. The van der Waals surface area contributed by atoms with Gasteiger partial charge in [-0.15, -0.1) is 5.10 Å². The molecule has 1 aromatic heterocycles. The minimum Gasteiger partial charge on any atom is -0.368 e. The Bertz CT molecular complexity index is 543. The van der Waals surface area contributed by atoms with Crippen molar-refractivity contribution in [3.8, 4) is 0 Å². The highest BCUT2D eigenvalue weighted by atomic mass is 79.9. The fraction of sp³-hybridized carbons (Fsp3) is 0.100. The maximum atomic E-state index is 11.8. The summed E-state index contributed by atoms with van der Waals surface area (Å²) in [5.41, 5.74) is 6.04. The minimum absolute atomic E-state index is 0.0275. The second-order valence-corrected chi connectivity index (χ2v) is 5.08. The molecule has 1 heterocycles. The maximum absolute atomic E-state index is 11.8. The normalized spacial score (nSPS) is 10.4. The van der Waals surface area contributed by atoms with Gasteiger partial charge in [-0.3, -0.25) is 4.79 Å². The third-order valence-electron chi connectivity index (χ3n) is 1.96. The zero-order chi connectivity index (χ0) is 12.3. The molecule has 0 aliphatic rings. The van der Waals surface area contributed by atoms with Crippen LogP contribution in [0, 0.1) is 0 Å². The van der Waals surface area contributed by atoms with E-state index < -0.39 is 0 Å². The summed E-state index contributed by atoms with van der Waals surface area (Å²) in [5.74, 6) is 0.565. The first-order chi connectivity index (χ1) is 8.15. The number of ketones is 1. The summed E-state index contributed by atoms with van der Waals surface area (Å²) < 4.78 is 0.885. The monoisotopic (exact) mass is 312 g/mol. The molecule has 0 saturated heterocycles. The van der Waals surface area contributed by atoms with Gasteiger partial charge < -0.3 is 5.73 Å². The highest BCUT2D eigenvalue weighted by Crippen LogP contribution is 2.17. The van der Waals surface area contributed by atoms with Crippen molar-refractivity contribution in [3.05, 3.63) is 34.3 Å². The molecule has 0 aliphatic heterocycles. The van der Waals surface area contributed by atoms with Crippen LogP contribution in [0.25, 0.3) is 0 Å². The first-order valence-corrected chi connectivity index (χ1v) is 6.52. The largest absolute Gasteiger partial charge is 0.368 e. The first-order valence-electron chi connectivity index (χ1n) is 4.74. The third kappa shape index (κ3) is 3.31. The average Bonchev–Trinajstić information content (AvgIpc) is 2.72. The van der Waals surface area contributed by atoms with Crippen LogP contribution >= 0.6 is 27.7 Å². The number of benzene rings is 1. The van der Waals surface area contributed by atoms with E-state index in [1.54, 1.807) is 12.1 Å². The molecule has 0 fully saturated rings. The van der Waals surface area contributed by atoms with E-state index in [0.29, 0.717) is 10.7 Å². The van der Waals surface area contributed by atoms with Crippen LogP contribution in [0.4, 0.5) is 5.95 Å². The van der Waals surface area contributed by atoms with Crippen molar-refractivity contribution in [2.45, 2.75) is 5.16 Å². The summed E-state index contributed by atoms with van der Waals surface area (Å²) in [5, 5.41) is 6.84. The standard InChI is InChI=1S/C10H9BrN4OS/c11-7-3-1-2-6(4-7)8(16)5-17-10-13-9(12)14-15-10/h1-4H,5H2,(H3,12,13,14,15). The molecule has 0 aliphatic carbocycles. The number of hydrogen-bond donors (Lipinski definition) is 2. The number of halogens is 1. The second kappa shape index (κ2) is 5.33. The van der Waals surface area contributed by atoms with Crippen LogP contribution in [-0.4, -0.2) is 26.7 Å². The molecular formula is C10H9BrN4OS. The molecule has 17 heavy (non-hydrogen) atoms. The van der Waals surface area contributed by atoms with Crippen molar-refractivity contribution in [2.75, 3.05) is 11.5 Å². The molecule has 0 bridgehead atoms. The summed E-state index contributed by atoms with van der Waals surface area (Å²) in [4.78, 5) is 15.7. The van der Waals surface area contributed by atoms with E-state index in [9.17, 15) is 4.79 Å². The highest BCUT2D eigenvalue weighted by Gasteiger charge is 2.09. The number of Topliss-reactive ketones (excluding diaryl/α,β-unsaturated/α-hetero) is 1. The van der Waals surface area contributed by atoms with Gasteiger partial charge in [-0.05, 0) is 12.1 Å². The second-order valence-electron chi connectivity index (χ2n) is 3.23. The van der Waals surface area contributed by atoms with Crippen LogP contribution in [-0.2, 0) is 0 Å². The predicted molar refractivity (Wildman–Crippen MR) is 70.0 cm³/mol. The van der Waals surface area contributed by atoms with Gasteiger partial charge in [0.1, 0.15) is 0 Å². The van der Waals surface area contributed by atoms with E-state index >= 15 is 0 Å². The fourth-order valence-electron chi connectivity index (χ4n) is 1.20. The third-order valence-corrected chi connectivity index (χ3v) is 3.30. The maximum Gasteiger partial charge on any atom is 0.216 e. The number of aromatic amines is 1. The molecule has 7 heteroatoms. The lowest BCUT2D eigenvalue weighted by Gasteiger charge is -1.99. The van der Waals surface area contributed by atoms with Crippen molar-refractivity contribution in [1.82, 2.24) is 15.2 Å². The summed E-state index contributed by atoms with van der Waals surface area (Å²) in [6, 6.07) is 7.27. The van der Waals surface area contributed by atoms with Crippen LogP contribution in [0.1, 0.15) is 10.4 Å². The molecule has 0 spiro atoms. The number of rotatable bonds is 4. The van der Waals surface area contributed by atoms with E-state index in [2.05, 4.69) is 31.1 Å². The summed E-state index contributed by atoms with van der Waals surface area (Å²) in [6.45, 7) is 0. The molecule has 0 saturated carbocycles. The number of H-pyrrole nitrogens is 1. The van der Waals surface area contributed by atoms with Gasteiger partial charge in [-0.2, -0.15) is 4.98 Å². The topological polar surface area (TPSA) is 84.7 Å². The molecule has 0 atom stereocenters. The van der Waals surface area contributed by atoms with Gasteiger partial charge in [0.25, 0.3) is 0 Å². The summed E-state index contributed by atoms with van der Waals surface area (Å²) >= 11 is 4.58. The lowest BCUT2D eigenvalue weighted by Crippen LogP contribution is -2.02. The van der Waals surface area contributed by atoms with E-state index in [-0.39, 0.29) is 17.5 Å². The molecule has 0 unspecified atom stereocenters. The Balaban J connectivity index is 1.98. The Morgan fingerprint density at radius 1 is 1.53 bits per heavy atom. The molecule has 0 amide bonds. The number of nitrogens with one attached hydrogen (secondary N) is 1. The smallest absolute Gasteiger partial charge is 0.216 e. The Morgan fingerprint density at radius 3 is 3.00 bits per heavy atom. The van der Waals surface area contributed by atoms with Gasteiger partial charge >= 0.3 is 0 Å². The lowest BCUT2D eigenvalue weighted by molar-refractivity contribution is 0.102. The van der Waals surface area contributed by atoms with E-state index in [1.165, 1.54) is 11.8 Å². The Kier molecular flexibility index (Phi) is 3.80. The van der Waals surface area contributed by atoms with Gasteiger partial charge in [-0.25, -0.2) is 5.10 Å². The van der Waals surface area contributed by atoms with Crippen LogP contribution in [0.15, 0.2) is 33.9 Å². The van der Waals surface area contributed by atoms with E-state index in [4.69, 9.17) is 5.73 Å². The van der Waals surface area contributed by atoms with Crippen molar-refractivity contribution >= 4 is 39.4 Å². The molecular weight excluding hydrogens is 304 g/mol. The average molecular weight is 313 g/mol. The van der Waals surface area contributed by atoms with Crippen LogP contribution in [0.3, 0.4) is 0 Å². The summed E-state index contributed by atoms with van der Waals surface area (Å²) in [6.07, 6.45) is 0. The molecule has 2 rings (SSSR count). The van der Waals surface area contributed by atoms with Crippen LogP contribution < -0.4 is 5.73 Å². The summed E-state index contributed by atoms with van der Waals surface area (Å²) in [7, 11) is 0. The van der Waals surface area contributed by atoms with Crippen LogP contribution in [0.2, 0.25) is 0 Å². The number of nitrogens with zero attached hydrogens (tertiary/aromatic N) is 2. The number of aromatic nitrogens is 3. The number of carbonyl (C=O) groups excluding carboxylic acids is 1. The quantitative estimate of drug-likeness (QED) is 0.667. The number of nitrogens with two attached hydrogens (primary N) is 1. The van der Waals surface area contributed by atoms with Crippen molar-refractivity contribution < 1.29 is 4.79 Å². The molecule has 5 nitrogen and oxygen atoms in total. The van der Waals surface area contributed by atoms with Gasteiger partial charge in [0, 0.05) is 10.0 Å². The SMILES string of the molecule is Nc1nc(SCC(=O)c2cccc(Br)c2)n[nH]1. The Hall–Kier alpha value is -1.34. The zero-order valence-corrected chi connectivity index (χ0v) is 11.1. The van der Waals surface area contributed by atoms with Crippen molar-refractivity contribution in [3.63, 3.8) is 0 Å². The van der Waals surface area contributed by atoms with Gasteiger partial charge in [0.05, 0.1) is 5.75 Å². The number of carbonyl (C=O) groups is 1. The van der Waals surface area contributed by atoms with Gasteiger partial charge in [0.15, 0.2) is 5.78 Å². The fourth-order valence-corrected chi connectivity index (χ4v) is 2.30. The van der Waals surface area contributed by atoms with Gasteiger partial charge in [0.2, 0.25) is 11.1 Å². The number of thioether (sulfide) groups is 1. The number of hydrogen-bond acceptors (Lipinski definition) is 5. The highest BCUT2D eigenvalue weighted by molar-refractivity contribution is 9.10. The van der Waals surface area contributed by atoms with E-state index in [1.807, 2.05) is 12.1 Å². The van der Waals surface area contributed by atoms with Crippen molar-refractivity contribution in [2.24, 2.45) is 0 Å². The Labute approximate surface area is 110 Å². The predicted octanol–water partition coefficient (Wildman–Crippen LogP) is 2.12. The molecule has 0 radical (unpaired) electrons. The molecule has 1 aromatic carbocycles. The molecule has 2 aromatic rings. The first kappa shape index (κ1) is 12.1. The minimum atomic E-state index is 0.0275. The van der Waals surface area contributed by atoms with Crippen molar-refractivity contribution in [1.29, 1.82) is 0 Å². The molecule has 3 N–H and O–H groups in total. The van der Waals surface area contributed by atoms with Crippen LogP contribution in [0.5, 0.6) is 0 Å². The lowest BCUT2D eigenvalue weighted by atomic mass is 10.2. The Morgan fingerprint density at radius 2 is 2.35 bits per heavy atom. The van der Waals surface area contributed by atoms with E-state index in [0.717, 1.165) is 4.47 Å².